The van der Waals surface area contributed by atoms with E-state index in [0.29, 0.717) is 33.0 Å². The Balaban J connectivity index is 1.41. The molecule has 0 saturated carbocycles. The van der Waals surface area contributed by atoms with Gasteiger partial charge in [0.05, 0.1) is 45.2 Å². The molecule has 1 aliphatic heterocycles. The molecule has 0 aliphatic carbocycles. The van der Waals surface area contributed by atoms with Crippen LogP contribution in [0.25, 0.3) is 0 Å². The van der Waals surface area contributed by atoms with Crippen LogP contribution in [-0.4, -0.2) is 49.0 Å². The van der Waals surface area contributed by atoms with Crippen LogP contribution in [0.2, 0.25) is 0 Å². The molecule has 4 aromatic rings. The third kappa shape index (κ3) is 9.59. The summed E-state index contributed by atoms with van der Waals surface area (Å²) in [5.74, 6) is 0. The minimum absolute atomic E-state index is 0.0244. The lowest BCUT2D eigenvalue weighted by atomic mass is 9.92. The van der Waals surface area contributed by atoms with Crippen molar-refractivity contribution in [1.29, 1.82) is 0 Å². The molecule has 1 fully saturated rings. The SMILES string of the molecule is CCCCN1CC(OCc2ccccc2)C(OCc2ccccc2)C(OCc2ccccc2)C1COCc1ccccc1. The minimum atomic E-state index is -0.268. The number of ether oxygens (including phenoxy) is 4. The molecular formula is C38H45NO4. The fourth-order valence-corrected chi connectivity index (χ4v) is 5.67. The van der Waals surface area contributed by atoms with E-state index in [-0.39, 0.29) is 24.4 Å². The van der Waals surface area contributed by atoms with E-state index in [1.165, 1.54) is 5.56 Å². The Hall–Kier alpha value is -3.32. The second kappa shape index (κ2) is 17.1. The highest BCUT2D eigenvalue weighted by Gasteiger charge is 2.46. The maximum atomic E-state index is 6.85. The van der Waals surface area contributed by atoms with Gasteiger partial charge in [0.2, 0.25) is 0 Å². The summed E-state index contributed by atoms with van der Waals surface area (Å²) in [6.45, 7) is 6.59. The van der Waals surface area contributed by atoms with Crippen molar-refractivity contribution in [1.82, 2.24) is 4.90 Å². The van der Waals surface area contributed by atoms with E-state index in [1.54, 1.807) is 0 Å². The van der Waals surface area contributed by atoms with Crippen LogP contribution >= 0.6 is 0 Å². The van der Waals surface area contributed by atoms with Gasteiger partial charge in [0.15, 0.2) is 0 Å². The van der Waals surface area contributed by atoms with Gasteiger partial charge in [-0.1, -0.05) is 135 Å². The largest absolute Gasteiger partial charge is 0.375 e. The lowest BCUT2D eigenvalue weighted by Gasteiger charge is -2.48. The lowest BCUT2D eigenvalue weighted by Crippen LogP contribution is -2.64. The molecule has 5 rings (SSSR count). The fraction of sp³-hybridized carbons (Fsp3) is 0.368. The monoisotopic (exact) mass is 579 g/mol. The number of benzene rings is 4. The molecule has 5 nitrogen and oxygen atoms in total. The molecule has 1 heterocycles. The van der Waals surface area contributed by atoms with Crippen molar-refractivity contribution in [3.63, 3.8) is 0 Å². The second-order valence-corrected chi connectivity index (χ2v) is 11.3. The first-order valence-corrected chi connectivity index (χ1v) is 15.6. The van der Waals surface area contributed by atoms with Crippen LogP contribution in [0.4, 0.5) is 0 Å². The minimum Gasteiger partial charge on any atom is -0.375 e. The highest BCUT2D eigenvalue weighted by Crippen LogP contribution is 2.29. The first kappa shape index (κ1) is 31.1. The molecule has 4 aromatic carbocycles. The van der Waals surface area contributed by atoms with Crippen molar-refractivity contribution in [3.05, 3.63) is 144 Å². The average Bonchev–Trinajstić information content (AvgIpc) is 3.07. The van der Waals surface area contributed by atoms with Gasteiger partial charge in [-0.15, -0.1) is 0 Å². The van der Waals surface area contributed by atoms with Crippen molar-refractivity contribution >= 4 is 0 Å². The number of hydrogen-bond donors (Lipinski definition) is 0. The first-order valence-electron chi connectivity index (χ1n) is 15.6. The van der Waals surface area contributed by atoms with E-state index in [2.05, 4.69) is 109 Å². The third-order valence-corrected chi connectivity index (χ3v) is 8.03. The molecule has 226 valence electrons. The van der Waals surface area contributed by atoms with E-state index in [1.807, 2.05) is 24.3 Å². The number of unbranched alkanes of at least 4 members (excludes halogenated alkanes) is 1. The first-order chi connectivity index (χ1) is 21.3. The van der Waals surface area contributed by atoms with Crippen molar-refractivity contribution in [2.24, 2.45) is 0 Å². The topological polar surface area (TPSA) is 40.2 Å². The molecule has 0 amide bonds. The van der Waals surface area contributed by atoms with Crippen molar-refractivity contribution in [2.45, 2.75) is 70.5 Å². The van der Waals surface area contributed by atoms with Crippen LogP contribution < -0.4 is 0 Å². The quantitative estimate of drug-likeness (QED) is 0.138. The molecule has 43 heavy (non-hydrogen) atoms. The molecule has 4 unspecified atom stereocenters. The van der Waals surface area contributed by atoms with Gasteiger partial charge in [-0.25, -0.2) is 0 Å². The normalized spacial score (nSPS) is 20.7. The van der Waals surface area contributed by atoms with Crippen LogP contribution in [0.1, 0.15) is 42.0 Å². The van der Waals surface area contributed by atoms with Crippen LogP contribution in [-0.2, 0) is 45.4 Å². The zero-order valence-corrected chi connectivity index (χ0v) is 25.3. The highest BCUT2D eigenvalue weighted by molar-refractivity contribution is 5.16. The van der Waals surface area contributed by atoms with Crippen molar-refractivity contribution in [3.8, 4) is 0 Å². The number of piperidine rings is 1. The maximum absolute atomic E-state index is 6.85. The Morgan fingerprint density at radius 2 is 1.00 bits per heavy atom. The Morgan fingerprint density at radius 3 is 1.49 bits per heavy atom. The van der Waals surface area contributed by atoms with Gasteiger partial charge < -0.3 is 18.9 Å². The van der Waals surface area contributed by atoms with E-state index < -0.39 is 0 Å². The van der Waals surface area contributed by atoms with Gasteiger partial charge in [-0.05, 0) is 35.2 Å². The molecule has 0 spiro atoms. The Labute approximate surface area is 257 Å². The van der Waals surface area contributed by atoms with Crippen LogP contribution in [0.5, 0.6) is 0 Å². The molecule has 1 saturated heterocycles. The lowest BCUT2D eigenvalue weighted by molar-refractivity contribution is -0.210. The summed E-state index contributed by atoms with van der Waals surface area (Å²) in [6.07, 6.45) is 1.54. The zero-order valence-electron chi connectivity index (χ0n) is 25.3. The van der Waals surface area contributed by atoms with E-state index in [4.69, 9.17) is 18.9 Å². The van der Waals surface area contributed by atoms with Gasteiger partial charge in [-0.2, -0.15) is 0 Å². The smallest absolute Gasteiger partial charge is 0.113 e. The van der Waals surface area contributed by atoms with Crippen LogP contribution in [0.3, 0.4) is 0 Å². The highest BCUT2D eigenvalue weighted by atomic mass is 16.6. The Bertz CT molecular complexity index is 1290. The molecule has 4 atom stereocenters. The summed E-state index contributed by atoms with van der Waals surface area (Å²) < 4.78 is 26.7. The molecule has 0 bridgehead atoms. The molecule has 1 aliphatic rings. The summed E-state index contributed by atoms with van der Waals surface area (Å²) in [7, 11) is 0. The van der Waals surface area contributed by atoms with Crippen molar-refractivity contribution < 1.29 is 18.9 Å². The molecule has 5 heteroatoms. The summed E-state index contributed by atoms with van der Waals surface area (Å²) >= 11 is 0. The third-order valence-electron chi connectivity index (χ3n) is 8.03. The molecule has 0 N–H and O–H groups in total. The summed E-state index contributed by atoms with van der Waals surface area (Å²) in [5, 5.41) is 0. The summed E-state index contributed by atoms with van der Waals surface area (Å²) in [5.41, 5.74) is 4.60. The van der Waals surface area contributed by atoms with Crippen LogP contribution in [0.15, 0.2) is 121 Å². The Kier molecular flexibility index (Phi) is 12.4. The molecule has 0 aromatic heterocycles. The Morgan fingerprint density at radius 1 is 0.558 bits per heavy atom. The maximum Gasteiger partial charge on any atom is 0.113 e. The van der Waals surface area contributed by atoms with Crippen molar-refractivity contribution in [2.75, 3.05) is 19.7 Å². The van der Waals surface area contributed by atoms with Gasteiger partial charge >= 0.3 is 0 Å². The summed E-state index contributed by atoms with van der Waals surface area (Å²) in [6, 6.07) is 41.5. The molecule has 0 radical (unpaired) electrons. The number of rotatable bonds is 16. The van der Waals surface area contributed by atoms with E-state index >= 15 is 0 Å². The van der Waals surface area contributed by atoms with Gasteiger partial charge in [0, 0.05) is 6.54 Å². The van der Waals surface area contributed by atoms with Gasteiger partial charge in [0.25, 0.3) is 0 Å². The van der Waals surface area contributed by atoms with Gasteiger partial charge in [-0.3, -0.25) is 4.90 Å². The second-order valence-electron chi connectivity index (χ2n) is 11.3. The zero-order chi connectivity index (χ0) is 29.5. The standard InChI is InChI=1S/C38H45NO4/c1-2-3-24-39-25-36(41-27-32-18-10-5-11-19-32)38(43-29-34-22-14-7-15-23-34)37(42-28-33-20-12-6-13-21-33)35(39)30-40-26-31-16-8-4-9-17-31/h4-23,35-38H,2-3,24-30H2,1H3. The van der Waals surface area contributed by atoms with Gasteiger partial charge in [0.1, 0.15) is 12.2 Å². The molecular weight excluding hydrogens is 534 g/mol. The number of nitrogens with zero attached hydrogens (tertiary/aromatic N) is 1. The van der Waals surface area contributed by atoms with E-state index in [9.17, 15) is 0 Å². The average molecular weight is 580 g/mol. The van der Waals surface area contributed by atoms with Crippen LogP contribution in [0, 0.1) is 0 Å². The summed E-state index contributed by atoms with van der Waals surface area (Å²) in [4.78, 5) is 2.52. The fourth-order valence-electron chi connectivity index (χ4n) is 5.67. The predicted molar refractivity (Wildman–Crippen MR) is 171 cm³/mol. The predicted octanol–water partition coefficient (Wildman–Crippen LogP) is 7.44. The van der Waals surface area contributed by atoms with E-state index in [0.717, 1.165) is 42.6 Å². The number of likely N-dealkylation sites (tertiary alicyclic amines) is 1. The number of hydrogen-bond acceptors (Lipinski definition) is 5.